The molecule has 1 aromatic heterocycles. The molecule has 0 unspecified atom stereocenters. The van der Waals surface area contributed by atoms with Gasteiger partial charge in [-0.2, -0.15) is 0 Å². The standard InChI is InChI=1S/C64H48N2/c1-3-14-42(15-4-1)51-21-11-12-23-54(51)60-39-59(65-63(66-60)46-17-5-2-6-18-46)45-28-26-44(27-29-45)53-31-30-43-16-9-10-22-52(43)61(53)55-24-13-25-57-62(55)56-37-47-19-7-8-20-48(47)38-58(56)64(57)49-33-40-32-41(35-49)36-50(64)34-40/h1-31,37-41,49-50H,32-36H2. The lowest BCUT2D eigenvalue weighted by Gasteiger charge is -2.61. The van der Waals surface area contributed by atoms with E-state index in [2.05, 4.69) is 200 Å². The van der Waals surface area contributed by atoms with E-state index in [0.717, 1.165) is 51.3 Å². The summed E-state index contributed by atoms with van der Waals surface area (Å²) in [5, 5.41) is 5.27. The molecule has 1 spiro atoms. The molecule has 1 heterocycles. The smallest absolute Gasteiger partial charge is 0.160 e. The third-order valence-corrected chi connectivity index (χ3v) is 16.3. The molecule has 4 fully saturated rings. The van der Waals surface area contributed by atoms with Crippen LogP contribution in [-0.4, -0.2) is 9.97 Å². The SMILES string of the molecule is c1ccc(-c2nc(-c3ccc(-c4ccc5ccccc5c4-c4cccc5c4-c4cc6ccccc6cc4C54C5CC6CC(C5)CC4C6)cc3)cc(-c3ccccc3-c3ccccc3)n2)cc1. The largest absolute Gasteiger partial charge is 0.228 e. The second kappa shape index (κ2) is 14.8. The minimum atomic E-state index is 0.0706. The lowest BCUT2D eigenvalue weighted by molar-refractivity contribution is -0.0398. The van der Waals surface area contributed by atoms with Gasteiger partial charge in [0.05, 0.1) is 11.4 Å². The predicted molar refractivity (Wildman–Crippen MR) is 273 cm³/mol. The van der Waals surface area contributed by atoms with Gasteiger partial charge in [0.1, 0.15) is 0 Å². The van der Waals surface area contributed by atoms with Crippen molar-refractivity contribution >= 4 is 21.5 Å². The van der Waals surface area contributed by atoms with E-state index in [-0.39, 0.29) is 5.41 Å². The normalized spacial score (nSPS) is 21.1. The lowest BCUT2D eigenvalue weighted by Crippen LogP contribution is -2.55. The van der Waals surface area contributed by atoms with Crippen molar-refractivity contribution < 1.29 is 0 Å². The molecule has 0 radical (unpaired) electrons. The Morgan fingerprint density at radius 1 is 0.333 bits per heavy atom. The van der Waals surface area contributed by atoms with Gasteiger partial charge < -0.3 is 0 Å². The Hall–Kier alpha value is -7.42. The van der Waals surface area contributed by atoms with E-state index in [1.807, 2.05) is 6.07 Å². The zero-order chi connectivity index (χ0) is 43.3. The molecular formula is C64H48N2. The van der Waals surface area contributed by atoms with E-state index in [1.165, 1.54) is 92.6 Å². The predicted octanol–water partition coefficient (Wildman–Crippen LogP) is 16.5. The Labute approximate surface area is 386 Å². The Kier molecular flexibility index (Phi) is 8.50. The molecule has 9 aromatic carbocycles. The Morgan fingerprint density at radius 3 is 1.65 bits per heavy atom. The monoisotopic (exact) mass is 844 g/mol. The minimum Gasteiger partial charge on any atom is -0.228 e. The van der Waals surface area contributed by atoms with Crippen LogP contribution < -0.4 is 0 Å². The summed E-state index contributed by atoms with van der Waals surface area (Å²) in [7, 11) is 0. The fourth-order valence-electron chi connectivity index (χ4n) is 13.8. The molecule has 5 aliphatic rings. The van der Waals surface area contributed by atoms with E-state index < -0.39 is 0 Å². The van der Waals surface area contributed by atoms with Crippen LogP contribution in [0.4, 0.5) is 0 Å². The maximum Gasteiger partial charge on any atom is 0.160 e. The second-order valence-corrected chi connectivity index (χ2v) is 19.7. The molecule has 10 aromatic rings. The molecule has 2 nitrogen and oxygen atoms in total. The first-order chi connectivity index (χ1) is 32.7. The molecule has 4 saturated carbocycles. The molecule has 4 bridgehead atoms. The fourth-order valence-corrected chi connectivity index (χ4v) is 13.8. The number of hydrogen-bond donors (Lipinski definition) is 0. The van der Waals surface area contributed by atoms with Crippen LogP contribution in [0.2, 0.25) is 0 Å². The van der Waals surface area contributed by atoms with Crippen LogP contribution in [0.15, 0.2) is 206 Å². The van der Waals surface area contributed by atoms with Gasteiger partial charge >= 0.3 is 0 Å². The van der Waals surface area contributed by atoms with Crippen molar-refractivity contribution in [2.75, 3.05) is 0 Å². The molecule has 314 valence electrons. The number of rotatable bonds is 6. The summed E-state index contributed by atoms with van der Waals surface area (Å²) in [4.78, 5) is 10.5. The van der Waals surface area contributed by atoms with Gasteiger partial charge in [-0.1, -0.05) is 188 Å². The van der Waals surface area contributed by atoms with Crippen LogP contribution >= 0.6 is 0 Å². The third-order valence-electron chi connectivity index (χ3n) is 16.3. The summed E-state index contributed by atoms with van der Waals surface area (Å²) in [6, 6.07) is 76.2. The molecule has 0 atom stereocenters. The fraction of sp³-hybridized carbons (Fsp3) is 0.156. The number of hydrogen-bond acceptors (Lipinski definition) is 2. The van der Waals surface area contributed by atoms with Crippen LogP contribution in [0.1, 0.15) is 43.2 Å². The summed E-state index contributed by atoms with van der Waals surface area (Å²) in [5.74, 6) is 3.90. The maximum atomic E-state index is 5.25. The van der Waals surface area contributed by atoms with Gasteiger partial charge in [-0.15, -0.1) is 0 Å². The number of aromatic nitrogens is 2. The maximum absolute atomic E-state index is 5.25. The van der Waals surface area contributed by atoms with E-state index in [1.54, 1.807) is 11.1 Å². The van der Waals surface area contributed by atoms with Crippen molar-refractivity contribution in [2.45, 2.75) is 37.5 Å². The molecule has 5 aliphatic carbocycles. The van der Waals surface area contributed by atoms with Crippen LogP contribution in [-0.2, 0) is 5.41 Å². The van der Waals surface area contributed by atoms with Crippen LogP contribution in [0.25, 0.3) is 100.0 Å². The summed E-state index contributed by atoms with van der Waals surface area (Å²) < 4.78 is 0. The first kappa shape index (κ1) is 37.9. The highest BCUT2D eigenvalue weighted by Gasteiger charge is 2.62. The van der Waals surface area contributed by atoms with E-state index in [4.69, 9.17) is 9.97 Å². The average Bonchev–Trinajstić information content (AvgIpc) is 3.66. The summed E-state index contributed by atoms with van der Waals surface area (Å²) in [6.45, 7) is 0. The third kappa shape index (κ3) is 5.73. The first-order valence-electron chi connectivity index (χ1n) is 24.1. The second-order valence-electron chi connectivity index (χ2n) is 19.7. The number of benzene rings is 9. The molecule has 0 N–H and O–H groups in total. The molecule has 15 rings (SSSR count). The molecule has 2 heteroatoms. The van der Waals surface area contributed by atoms with Gasteiger partial charge in [-0.25, -0.2) is 9.97 Å². The highest BCUT2D eigenvalue weighted by Crippen LogP contribution is 2.70. The number of nitrogens with zero attached hydrogens (tertiary/aromatic N) is 2. The van der Waals surface area contributed by atoms with Crippen molar-refractivity contribution in [2.24, 2.45) is 23.7 Å². The summed E-state index contributed by atoms with van der Waals surface area (Å²) >= 11 is 0. The molecule has 0 aliphatic heterocycles. The minimum absolute atomic E-state index is 0.0706. The Bertz CT molecular complexity index is 3500. The van der Waals surface area contributed by atoms with Crippen LogP contribution in [0, 0.1) is 23.7 Å². The van der Waals surface area contributed by atoms with Gasteiger partial charge in [-0.3, -0.25) is 0 Å². The van der Waals surface area contributed by atoms with Crippen molar-refractivity contribution in [1.82, 2.24) is 9.97 Å². The summed E-state index contributed by atoms with van der Waals surface area (Å²) in [5.41, 5.74) is 18.6. The topological polar surface area (TPSA) is 25.8 Å². The lowest BCUT2D eigenvalue weighted by atomic mass is 9.43. The molecule has 0 amide bonds. The van der Waals surface area contributed by atoms with Gasteiger partial charge in [0, 0.05) is 22.1 Å². The quantitative estimate of drug-likeness (QED) is 0.167. The van der Waals surface area contributed by atoms with E-state index >= 15 is 0 Å². The van der Waals surface area contributed by atoms with Crippen molar-refractivity contribution in [3.8, 4) is 78.4 Å². The zero-order valence-corrected chi connectivity index (χ0v) is 36.9. The summed E-state index contributed by atoms with van der Waals surface area (Å²) in [6.07, 6.45) is 6.93. The van der Waals surface area contributed by atoms with E-state index in [9.17, 15) is 0 Å². The van der Waals surface area contributed by atoms with Crippen LogP contribution in [0.5, 0.6) is 0 Å². The molecular weight excluding hydrogens is 797 g/mol. The highest BCUT2D eigenvalue weighted by atomic mass is 14.9. The molecule has 0 saturated heterocycles. The average molecular weight is 845 g/mol. The van der Waals surface area contributed by atoms with Gasteiger partial charge in [0.2, 0.25) is 0 Å². The van der Waals surface area contributed by atoms with Crippen molar-refractivity contribution in [3.05, 3.63) is 217 Å². The Morgan fingerprint density at radius 2 is 0.909 bits per heavy atom. The van der Waals surface area contributed by atoms with Crippen LogP contribution in [0.3, 0.4) is 0 Å². The molecule has 66 heavy (non-hydrogen) atoms. The Balaban J connectivity index is 0.943. The zero-order valence-electron chi connectivity index (χ0n) is 36.9. The van der Waals surface area contributed by atoms with Gasteiger partial charge in [0.15, 0.2) is 5.82 Å². The number of fused-ring (bicyclic) bond motifs is 5. The first-order valence-corrected chi connectivity index (χ1v) is 24.1. The van der Waals surface area contributed by atoms with Gasteiger partial charge in [-0.05, 0) is 151 Å². The van der Waals surface area contributed by atoms with Crippen molar-refractivity contribution in [3.63, 3.8) is 0 Å². The van der Waals surface area contributed by atoms with Crippen molar-refractivity contribution in [1.29, 1.82) is 0 Å². The van der Waals surface area contributed by atoms with Gasteiger partial charge in [0.25, 0.3) is 0 Å². The highest BCUT2D eigenvalue weighted by molar-refractivity contribution is 6.10. The van der Waals surface area contributed by atoms with E-state index in [0.29, 0.717) is 11.8 Å².